The highest BCUT2D eigenvalue weighted by molar-refractivity contribution is 7.84. The van der Waals surface area contributed by atoms with Gasteiger partial charge in [-0.25, -0.2) is 28.3 Å². The maximum Gasteiger partial charge on any atom is 0.333 e. The first-order valence-electron chi connectivity index (χ1n) is 10.5. The van der Waals surface area contributed by atoms with Gasteiger partial charge in [0, 0.05) is 36.1 Å². The number of nitrogens with zero attached hydrogens (tertiary/aromatic N) is 4. The van der Waals surface area contributed by atoms with E-state index in [1.807, 2.05) is 0 Å². The molecule has 0 aliphatic heterocycles. The molecular weight excluding hydrogens is 489 g/mol. The average Bonchev–Trinajstić information content (AvgIpc) is 3.44. The van der Waals surface area contributed by atoms with Gasteiger partial charge < -0.3 is 5.32 Å². The number of hydrogen-bond donors (Lipinski definition) is 2. The van der Waals surface area contributed by atoms with Gasteiger partial charge in [0.1, 0.15) is 35.3 Å². The lowest BCUT2D eigenvalue weighted by molar-refractivity contribution is 0.103. The van der Waals surface area contributed by atoms with Crippen LogP contribution in [-0.4, -0.2) is 46.6 Å². The first kappa shape index (κ1) is 24.8. The van der Waals surface area contributed by atoms with E-state index in [1.54, 1.807) is 0 Å². The van der Waals surface area contributed by atoms with Gasteiger partial charge in [-0.15, -0.1) is 0 Å². The summed E-state index contributed by atoms with van der Waals surface area (Å²) in [4.78, 5) is 21.1. The number of nitrogens with two attached hydrogens (primary N) is 1. The number of ketones is 1. The van der Waals surface area contributed by atoms with Crippen LogP contribution in [0.5, 0.6) is 0 Å². The standard InChI is InChI=1S/C21H21F3N6O4S/c22-13-6-17(23)16(18(24)7-13)9-30-4-3-19(29-30)20(31)15-8-26-11-27-21(15)28-14-2-1-12(5-14)10-34-35(25,32)33/h3-4,6-8,11-12,14H,1-2,5,9-10H2,(H2,25,32,33)(H,26,27,28)/t12-,14+/m1/s1. The third-order valence-electron chi connectivity index (χ3n) is 5.61. The predicted molar refractivity (Wildman–Crippen MR) is 117 cm³/mol. The first-order chi connectivity index (χ1) is 16.6. The van der Waals surface area contributed by atoms with E-state index in [4.69, 9.17) is 5.14 Å². The Labute approximate surface area is 198 Å². The monoisotopic (exact) mass is 510 g/mol. The molecule has 10 nitrogen and oxygen atoms in total. The summed E-state index contributed by atoms with van der Waals surface area (Å²) in [6.45, 7) is -0.370. The second-order valence-electron chi connectivity index (χ2n) is 8.16. The topological polar surface area (TPSA) is 142 Å². The Kier molecular flexibility index (Phi) is 7.14. The van der Waals surface area contributed by atoms with E-state index in [0.717, 1.165) is 4.68 Å². The van der Waals surface area contributed by atoms with Crippen molar-refractivity contribution in [2.24, 2.45) is 11.1 Å². The lowest BCUT2D eigenvalue weighted by Gasteiger charge is -2.15. The van der Waals surface area contributed by atoms with Crippen LogP contribution in [0.1, 0.15) is 40.9 Å². The average molecular weight is 510 g/mol. The number of hydrogen-bond acceptors (Lipinski definition) is 8. The first-order valence-corrected chi connectivity index (χ1v) is 12.0. The minimum Gasteiger partial charge on any atom is -0.367 e. The third-order valence-corrected chi connectivity index (χ3v) is 6.07. The van der Waals surface area contributed by atoms with Crippen LogP contribution < -0.4 is 10.5 Å². The quantitative estimate of drug-likeness (QED) is 0.417. The lowest BCUT2D eigenvalue weighted by Crippen LogP contribution is -2.22. The van der Waals surface area contributed by atoms with Crippen molar-refractivity contribution in [3.8, 4) is 0 Å². The van der Waals surface area contributed by atoms with Crippen LogP contribution >= 0.6 is 0 Å². The molecule has 1 aliphatic carbocycles. The zero-order valence-electron chi connectivity index (χ0n) is 18.2. The summed E-state index contributed by atoms with van der Waals surface area (Å²) in [5, 5.41) is 12.1. The van der Waals surface area contributed by atoms with Crippen LogP contribution in [0.15, 0.2) is 36.9 Å². The fourth-order valence-electron chi connectivity index (χ4n) is 3.95. The van der Waals surface area contributed by atoms with Gasteiger partial charge in [-0.2, -0.15) is 13.5 Å². The molecule has 1 fully saturated rings. The van der Waals surface area contributed by atoms with E-state index in [2.05, 4.69) is 24.6 Å². The number of rotatable bonds is 9. The number of carbonyl (C=O) groups is 1. The van der Waals surface area contributed by atoms with Crippen molar-refractivity contribution < 1.29 is 30.6 Å². The van der Waals surface area contributed by atoms with Crippen molar-refractivity contribution in [2.45, 2.75) is 31.8 Å². The summed E-state index contributed by atoms with van der Waals surface area (Å²) < 4.78 is 68.8. The Bertz CT molecular complexity index is 1330. The highest BCUT2D eigenvalue weighted by Gasteiger charge is 2.28. The molecule has 2 heterocycles. The minimum atomic E-state index is -4.01. The lowest BCUT2D eigenvalue weighted by atomic mass is 10.1. The Morgan fingerprint density at radius 3 is 2.69 bits per heavy atom. The van der Waals surface area contributed by atoms with Crippen molar-refractivity contribution >= 4 is 21.9 Å². The zero-order chi connectivity index (χ0) is 25.2. The summed E-state index contributed by atoms with van der Waals surface area (Å²) in [5.41, 5.74) is -0.251. The van der Waals surface area contributed by atoms with Gasteiger partial charge in [-0.05, 0) is 31.2 Å². The van der Waals surface area contributed by atoms with Crippen LogP contribution in [0, 0.1) is 23.4 Å². The van der Waals surface area contributed by atoms with E-state index in [1.165, 1.54) is 24.8 Å². The van der Waals surface area contributed by atoms with Gasteiger partial charge >= 0.3 is 10.3 Å². The Morgan fingerprint density at radius 2 is 1.97 bits per heavy atom. The second kappa shape index (κ2) is 10.1. The summed E-state index contributed by atoms with van der Waals surface area (Å²) >= 11 is 0. The van der Waals surface area contributed by atoms with Crippen LogP contribution in [0.2, 0.25) is 0 Å². The van der Waals surface area contributed by atoms with E-state index in [-0.39, 0.29) is 47.8 Å². The van der Waals surface area contributed by atoms with E-state index in [0.29, 0.717) is 31.4 Å². The molecule has 14 heteroatoms. The number of carbonyl (C=O) groups excluding carboxylic acids is 1. The number of anilines is 1. The fraction of sp³-hybridized carbons (Fsp3) is 0.333. The molecule has 0 amide bonds. The molecule has 3 N–H and O–H groups in total. The summed E-state index contributed by atoms with van der Waals surface area (Å²) in [6, 6.07) is 2.44. The molecule has 2 atom stereocenters. The molecule has 0 radical (unpaired) electrons. The molecule has 35 heavy (non-hydrogen) atoms. The SMILES string of the molecule is NS(=O)(=O)OC[C@@H]1CC[C@H](Nc2ncncc2C(=O)c2ccn(Cc3c(F)cc(F)cc3F)n2)C1. The third kappa shape index (κ3) is 6.21. The molecule has 2 aromatic heterocycles. The zero-order valence-corrected chi connectivity index (χ0v) is 19.0. The van der Waals surface area contributed by atoms with E-state index >= 15 is 0 Å². The number of benzene rings is 1. The van der Waals surface area contributed by atoms with Crippen LogP contribution in [0.3, 0.4) is 0 Å². The van der Waals surface area contributed by atoms with Gasteiger partial charge in [-0.1, -0.05) is 0 Å². The Balaban J connectivity index is 1.45. The summed E-state index contributed by atoms with van der Waals surface area (Å²) in [6.07, 6.45) is 5.94. The van der Waals surface area contributed by atoms with Crippen molar-refractivity contribution in [3.63, 3.8) is 0 Å². The number of nitrogens with one attached hydrogen (secondary N) is 1. The second-order valence-corrected chi connectivity index (χ2v) is 9.38. The van der Waals surface area contributed by atoms with Crippen molar-refractivity contribution in [1.82, 2.24) is 19.7 Å². The molecule has 186 valence electrons. The maximum absolute atomic E-state index is 14.0. The number of halogens is 3. The molecule has 0 bridgehead atoms. The van der Waals surface area contributed by atoms with Gasteiger partial charge in [0.25, 0.3) is 0 Å². The van der Waals surface area contributed by atoms with Gasteiger partial charge in [0.05, 0.1) is 18.7 Å². The smallest absolute Gasteiger partial charge is 0.333 e. The normalized spacial score (nSPS) is 18.1. The predicted octanol–water partition coefficient (Wildman–Crippen LogP) is 2.17. The molecule has 3 aromatic rings. The molecule has 0 saturated heterocycles. The van der Waals surface area contributed by atoms with Crippen LogP contribution in [-0.2, 0) is 21.0 Å². The van der Waals surface area contributed by atoms with Gasteiger partial charge in [-0.3, -0.25) is 13.7 Å². The summed E-state index contributed by atoms with van der Waals surface area (Å²) in [7, 11) is -4.01. The van der Waals surface area contributed by atoms with Gasteiger partial charge in [0.2, 0.25) is 5.78 Å². The van der Waals surface area contributed by atoms with E-state index in [9.17, 15) is 26.4 Å². The van der Waals surface area contributed by atoms with Crippen LogP contribution in [0.25, 0.3) is 0 Å². The summed E-state index contributed by atoms with van der Waals surface area (Å²) in [5.74, 6) is -3.42. The molecule has 4 rings (SSSR count). The Hall–Kier alpha value is -3.36. The van der Waals surface area contributed by atoms with Crippen molar-refractivity contribution in [1.29, 1.82) is 0 Å². The Morgan fingerprint density at radius 1 is 1.23 bits per heavy atom. The molecule has 1 aliphatic rings. The van der Waals surface area contributed by atoms with E-state index < -0.39 is 33.5 Å². The molecule has 1 aromatic carbocycles. The molecule has 0 unspecified atom stereocenters. The van der Waals surface area contributed by atoms with Crippen molar-refractivity contribution in [2.75, 3.05) is 11.9 Å². The van der Waals surface area contributed by atoms with Crippen LogP contribution in [0.4, 0.5) is 19.0 Å². The number of aromatic nitrogens is 4. The fourth-order valence-corrected chi connectivity index (χ4v) is 4.33. The molecule has 1 saturated carbocycles. The largest absolute Gasteiger partial charge is 0.367 e. The minimum absolute atomic E-state index is 0.00312. The molecular formula is C21H21F3N6O4S. The highest BCUT2D eigenvalue weighted by atomic mass is 32.2. The highest BCUT2D eigenvalue weighted by Crippen LogP contribution is 2.29. The molecule has 0 spiro atoms. The maximum atomic E-state index is 14.0. The van der Waals surface area contributed by atoms with Gasteiger partial charge in [0.15, 0.2) is 0 Å². The van der Waals surface area contributed by atoms with Crippen molar-refractivity contribution in [3.05, 3.63) is 71.2 Å².